The predicted octanol–water partition coefficient (Wildman–Crippen LogP) is 7.02. The number of nitrogens with zero attached hydrogens (tertiary/aromatic N) is 4. The van der Waals surface area contributed by atoms with Crippen molar-refractivity contribution in [3.05, 3.63) is 99.0 Å². The van der Waals surface area contributed by atoms with Crippen molar-refractivity contribution in [2.45, 2.75) is 31.6 Å². The fourth-order valence-electron chi connectivity index (χ4n) is 5.92. The number of benzene rings is 3. The number of piperazine rings is 1. The molecule has 49 heavy (non-hydrogen) atoms. The van der Waals surface area contributed by atoms with E-state index in [0.717, 1.165) is 11.1 Å². The van der Waals surface area contributed by atoms with Crippen LogP contribution >= 0.6 is 23.2 Å². The van der Waals surface area contributed by atoms with Crippen molar-refractivity contribution in [2.24, 2.45) is 4.99 Å². The van der Waals surface area contributed by atoms with E-state index in [0.29, 0.717) is 60.6 Å². The molecule has 8 nitrogen and oxygen atoms in total. The molecule has 2 aliphatic rings. The maximum Gasteiger partial charge on any atom is 0.458 e. The number of sulfone groups is 1. The number of urea groups is 1. The minimum atomic E-state index is -4.67. The molecule has 0 unspecified atom stereocenters. The Morgan fingerprint density at radius 3 is 2.14 bits per heavy atom. The lowest BCUT2D eigenvalue weighted by atomic mass is 9.93. The van der Waals surface area contributed by atoms with Gasteiger partial charge >= 0.3 is 12.2 Å². The monoisotopic (exact) mass is 734 g/mol. The molecule has 1 saturated heterocycles. The van der Waals surface area contributed by atoms with E-state index in [-0.39, 0.29) is 29.7 Å². The highest BCUT2D eigenvalue weighted by molar-refractivity contribution is 7.90. The highest BCUT2D eigenvalue weighted by atomic mass is 35.5. The zero-order valence-corrected chi connectivity index (χ0v) is 29.2. The van der Waals surface area contributed by atoms with Crippen molar-refractivity contribution in [1.82, 2.24) is 14.7 Å². The standard InChI is InChI=1S/C35H35Cl2F3N4O4S/c1-3-48-30-23-24(15-16-35(38,39)40)5-14-29(30)33-41-31(25-6-10-27(36)11-7-25)32(26-8-12-28(37)13-9-26)44(33)34(45)43-20-18-42(19-21-43)17-4-22-49(2,46)47/h5-14,23,31-32H,3-4,17-22H2,1-2H3/t31-,32+/m0/s1. The number of rotatable bonds is 9. The van der Waals surface area contributed by atoms with Gasteiger partial charge in [-0.1, -0.05) is 53.4 Å². The summed E-state index contributed by atoms with van der Waals surface area (Å²) in [4.78, 5) is 25.3. The first kappa shape index (κ1) is 36.5. The Bertz CT molecular complexity index is 1850. The zero-order chi connectivity index (χ0) is 35.3. The molecule has 0 aromatic heterocycles. The van der Waals surface area contributed by atoms with Gasteiger partial charge < -0.3 is 9.64 Å². The largest absolute Gasteiger partial charge is 0.493 e. The van der Waals surface area contributed by atoms with Crippen LogP contribution in [-0.2, 0) is 9.84 Å². The molecule has 3 aromatic carbocycles. The summed E-state index contributed by atoms with van der Waals surface area (Å²) in [6.07, 6.45) is -2.95. The average Bonchev–Trinajstić information content (AvgIpc) is 3.44. The Balaban J connectivity index is 1.57. The summed E-state index contributed by atoms with van der Waals surface area (Å²) in [7, 11) is -3.07. The van der Waals surface area contributed by atoms with Gasteiger partial charge in [-0.05, 0) is 73.5 Å². The lowest BCUT2D eigenvalue weighted by Crippen LogP contribution is -2.54. The Hall–Kier alpha value is -3.76. The van der Waals surface area contributed by atoms with Crippen molar-refractivity contribution in [2.75, 3.05) is 51.3 Å². The zero-order valence-electron chi connectivity index (χ0n) is 26.9. The summed E-state index contributed by atoms with van der Waals surface area (Å²) in [6.45, 7) is 4.44. The number of hydrogen-bond acceptors (Lipinski definition) is 6. The molecule has 0 bridgehead atoms. The molecule has 2 aliphatic heterocycles. The number of amidine groups is 1. The molecule has 2 amide bonds. The molecule has 260 valence electrons. The van der Waals surface area contributed by atoms with E-state index in [4.69, 9.17) is 32.9 Å². The van der Waals surface area contributed by atoms with E-state index in [9.17, 15) is 26.4 Å². The number of hydrogen-bond donors (Lipinski definition) is 0. The van der Waals surface area contributed by atoms with Gasteiger partial charge in [0.1, 0.15) is 27.5 Å². The third-order valence-corrected chi connectivity index (χ3v) is 9.73. The van der Waals surface area contributed by atoms with E-state index >= 15 is 0 Å². The molecular formula is C35H35Cl2F3N4O4S. The van der Waals surface area contributed by atoms with Crippen LogP contribution in [0.5, 0.6) is 5.75 Å². The van der Waals surface area contributed by atoms with Crippen molar-refractivity contribution < 1.29 is 31.1 Å². The van der Waals surface area contributed by atoms with Crippen molar-refractivity contribution >= 4 is 44.9 Å². The van der Waals surface area contributed by atoms with Crippen LogP contribution in [0.15, 0.2) is 71.7 Å². The number of amides is 2. The minimum absolute atomic E-state index is 0.0940. The van der Waals surface area contributed by atoms with Crippen LogP contribution in [0, 0.1) is 11.8 Å². The van der Waals surface area contributed by atoms with Crippen molar-refractivity contribution in [3.63, 3.8) is 0 Å². The highest BCUT2D eigenvalue weighted by Gasteiger charge is 2.45. The fraction of sp³-hybridized carbons (Fsp3) is 0.371. The van der Waals surface area contributed by atoms with Gasteiger partial charge in [-0.25, -0.2) is 13.2 Å². The minimum Gasteiger partial charge on any atom is -0.493 e. The second-order valence-electron chi connectivity index (χ2n) is 11.8. The van der Waals surface area contributed by atoms with E-state index in [1.807, 2.05) is 24.3 Å². The Kier molecular flexibility index (Phi) is 11.5. The second kappa shape index (κ2) is 15.4. The molecule has 3 aromatic rings. The average molecular weight is 736 g/mol. The van der Waals surface area contributed by atoms with Crippen molar-refractivity contribution in [1.29, 1.82) is 0 Å². The van der Waals surface area contributed by atoms with Crippen molar-refractivity contribution in [3.8, 4) is 17.6 Å². The van der Waals surface area contributed by atoms with E-state index in [1.54, 1.807) is 47.1 Å². The number of alkyl halides is 3. The van der Waals surface area contributed by atoms with Gasteiger partial charge in [-0.2, -0.15) is 13.2 Å². The lowest BCUT2D eigenvalue weighted by molar-refractivity contribution is -0.0696. The highest BCUT2D eigenvalue weighted by Crippen LogP contribution is 2.45. The first-order chi connectivity index (χ1) is 23.2. The molecule has 2 atom stereocenters. The Labute approximate surface area is 294 Å². The Morgan fingerprint density at radius 2 is 1.57 bits per heavy atom. The number of aliphatic imine (C=N–C) groups is 1. The quantitative estimate of drug-likeness (QED) is 0.221. The van der Waals surface area contributed by atoms with Gasteiger partial charge in [0.05, 0.1) is 24.0 Å². The molecule has 0 N–H and O–H groups in total. The molecule has 5 rings (SSSR count). The molecule has 0 saturated carbocycles. The summed E-state index contributed by atoms with van der Waals surface area (Å²) in [6, 6.07) is 17.3. The van der Waals surface area contributed by atoms with Crippen LogP contribution in [0.3, 0.4) is 0 Å². The smallest absolute Gasteiger partial charge is 0.458 e. The second-order valence-corrected chi connectivity index (χ2v) is 14.9. The van der Waals surface area contributed by atoms with Crippen LogP contribution in [0.2, 0.25) is 10.0 Å². The first-order valence-corrected chi connectivity index (χ1v) is 18.5. The van der Waals surface area contributed by atoms with Gasteiger partial charge in [-0.3, -0.25) is 14.8 Å². The summed E-state index contributed by atoms with van der Waals surface area (Å²) in [5.74, 6) is 4.06. The maximum atomic E-state index is 14.7. The number of carbonyl (C=O) groups excluding carboxylic acids is 1. The molecule has 0 spiro atoms. The molecule has 14 heteroatoms. The molecular weight excluding hydrogens is 700 g/mol. The van der Waals surface area contributed by atoms with Crippen LogP contribution in [-0.4, -0.2) is 92.5 Å². The molecule has 0 radical (unpaired) electrons. The number of carbonyl (C=O) groups is 1. The van der Waals surface area contributed by atoms with Gasteiger partial charge in [0.25, 0.3) is 0 Å². The summed E-state index contributed by atoms with van der Waals surface area (Å²) in [5, 5.41) is 1.05. The third kappa shape index (κ3) is 9.48. The van der Waals surface area contributed by atoms with E-state index in [1.165, 1.54) is 24.3 Å². The van der Waals surface area contributed by atoms with E-state index in [2.05, 4.69) is 10.8 Å². The van der Waals surface area contributed by atoms with Gasteiger partial charge in [0, 0.05) is 54.0 Å². The van der Waals surface area contributed by atoms with Crippen LogP contribution < -0.4 is 4.74 Å². The molecule has 2 heterocycles. The van der Waals surface area contributed by atoms with Crippen LogP contribution in [0.1, 0.15) is 47.7 Å². The van der Waals surface area contributed by atoms with Gasteiger partial charge in [0.15, 0.2) is 0 Å². The topological polar surface area (TPSA) is 82.5 Å². The van der Waals surface area contributed by atoms with Crippen LogP contribution in [0.4, 0.5) is 18.0 Å². The predicted molar refractivity (Wildman–Crippen MR) is 185 cm³/mol. The van der Waals surface area contributed by atoms with Gasteiger partial charge in [-0.15, -0.1) is 0 Å². The Morgan fingerprint density at radius 1 is 0.959 bits per heavy atom. The summed E-state index contributed by atoms with van der Waals surface area (Å²) >= 11 is 12.5. The third-order valence-electron chi connectivity index (χ3n) is 8.20. The van der Waals surface area contributed by atoms with Gasteiger partial charge in [0.2, 0.25) is 0 Å². The molecule has 0 aliphatic carbocycles. The maximum absolute atomic E-state index is 14.7. The summed E-state index contributed by atoms with van der Waals surface area (Å²) in [5.41, 5.74) is 2.07. The normalized spacial score (nSPS) is 18.6. The number of halogens is 5. The SMILES string of the molecule is CCOc1cc(C#CC(F)(F)F)ccc1C1=N[C@@H](c2ccc(Cl)cc2)[C@@H](c2ccc(Cl)cc2)N1C(=O)N1CCN(CCCS(C)(=O)=O)CC1. The lowest BCUT2D eigenvalue weighted by Gasteiger charge is -2.39. The number of ether oxygens (including phenoxy) is 1. The fourth-order valence-corrected chi connectivity index (χ4v) is 6.83. The molecule has 1 fully saturated rings. The first-order valence-electron chi connectivity index (χ1n) is 15.7. The summed E-state index contributed by atoms with van der Waals surface area (Å²) < 4.78 is 67.9. The van der Waals surface area contributed by atoms with E-state index < -0.39 is 28.1 Å². The van der Waals surface area contributed by atoms with Crippen LogP contribution in [0.25, 0.3) is 0 Å².